The van der Waals surface area contributed by atoms with Crippen molar-refractivity contribution in [1.29, 1.82) is 0 Å². The van der Waals surface area contributed by atoms with Gasteiger partial charge in [0.1, 0.15) is 11.9 Å². The molecule has 0 aliphatic rings. The number of benzene rings is 1. The SMILES string of the molecule is COC(=O)C(C)n1c(=S)[nH]c2cc(F)c(Cl)cc21. The predicted octanol–water partition coefficient (Wildman–Crippen LogP) is 3.23. The van der Waals surface area contributed by atoms with E-state index >= 15 is 0 Å². The molecular formula is C11H10ClFN2O2S. The van der Waals surface area contributed by atoms with E-state index in [1.165, 1.54) is 19.2 Å². The minimum atomic E-state index is -0.613. The molecule has 0 spiro atoms. The minimum absolute atomic E-state index is 0.0256. The summed E-state index contributed by atoms with van der Waals surface area (Å²) in [4.78, 5) is 14.4. The van der Waals surface area contributed by atoms with Gasteiger partial charge in [0.05, 0.1) is 23.2 Å². The van der Waals surface area contributed by atoms with Crippen LogP contribution >= 0.6 is 23.8 Å². The maximum Gasteiger partial charge on any atom is 0.328 e. The van der Waals surface area contributed by atoms with Gasteiger partial charge in [0.25, 0.3) is 0 Å². The van der Waals surface area contributed by atoms with Crippen LogP contribution in [-0.4, -0.2) is 22.6 Å². The Hall–Kier alpha value is -1.40. The smallest absolute Gasteiger partial charge is 0.328 e. The second-order valence-corrected chi connectivity index (χ2v) is 4.58. The van der Waals surface area contributed by atoms with Gasteiger partial charge < -0.3 is 14.3 Å². The number of aromatic amines is 1. The summed E-state index contributed by atoms with van der Waals surface area (Å²) in [7, 11) is 1.30. The molecule has 1 heterocycles. The number of methoxy groups -OCH3 is 1. The topological polar surface area (TPSA) is 47.0 Å². The first-order valence-electron chi connectivity index (χ1n) is 5.12. The van der Waals surface area contributed by atoms with E-state index in [0.29, 0.717) is 15.8 Å². The summed E-state index contributed by atoms with van der Waals surface area (Å²) in [6.45, 7) is 1.65. The van der Waals surface area contributed by atoms with Crippen molar-refractivity contribution < 1.29 is 13.9 Å². The number of carbonyl (C=O) groups is 1. The molecule has 96 valence electrons. The summed E-state index contributed by atoms with van der Waals surface area (Å²) >= 11 is 10.9. The molecule has 0 amide bonds. The molecule has 0 saturated carbocycles. The Labute approximate surface area is 112 Å². The number of esters is 1. The lowest BCUT2D eigenvalue weighted by atomic mass is 10.2. The zero-order valence-electron chi connectivity index (χ0n) is 9.66. The number of hydrogen-bond donors (Lipinski definition) is 1. The highest BCUT2D eigenvalue weighted by atomic mass is 35.5. The molecule has 2 aromatic rings. The summed E-state index contributed by atoms with van der Waals surface area (Å²) in [5.41, 5.74) is 1.04. The zero-order valence-corrected chi connectivity index (χ0v) is 11.2. The Morgan fingerprint density at radius 3 is 2.89 bits per heavy atom. The van der Waals surface area contributed by atoms with Crippen LogP contribution in [0.25, 0.3) is 11.0 Å². The van der Waals surface area contributed by atoms with E-state index in [1.807, 2.05) is 0 Å². The van der Waals surface area contributed by atoms with Gasteiger partial charge in [0.2, 0.25) is 0 Å². The molecule has 0 aliphatic heterocycles. The Balaban J connectivity index is 2.71. The molecule has 18 heavy (non-hydrogen) atoms. The van der Waals surface area contributed by atoms with Crippen LogP contribution in [-0.2, 0) is 9.53 Å². The summed E-state index contributed by atoms with van der Waals surface area (Å²) in [6, 6.07) is 2.06. The standard InChI is InChI=1S/C11H10ClFN2O2S/c1-5(10(16)17-2)15-9-3-6(12)7(13)4-8(9)14-11(15)18/h3-5H,1-2H3,(H,14,18). The van der Waals surface area contributed by atoms with Crippen molar-refractivity contribution >= 4 is 40.8 Å². The number of halogens is 2. The van der Waals surface area contributed by atoms with Crippen LogP contribution in [0.3, 0.4) is 0 Å². The van der Waals surface area contributed by atoms with Crippen molar-refractivity contribution in [3.05, 3.63) is 27.7 Å². The molecule has 1 aromatic heterocycles. The van der Waals surface area contributed by atoms with Crippen molar-refractivity contribution in [2.45, 2.75) is 13.0 Å². The van der Waals surface area contributed by atoms with Crippen molar-refractivity contribution in [3.63, 3.8) is 0 Å². The zero-order chi connectivity index (χ0) is 13.4. The second-order valence-electron chi connectivity index (χ2n) is 3.78. The van der Waals surface area contributed by atoms with Gasteiger partial charge in [0, 0.05) is 6.07 Å². The number of hydrogen-bond acceptors (Lipinski definition) is 3. The summed E-state index contributed by atoms with van der Waals surface area (Å²) in [5.74, 6) is -0.981. The molecular weight excluding hydrogens is 279 g/mol. The van der Waals surface area contributed by atoms with Crippen LogP contribution in [0, 0.1) is 10.6 Å². The van der Waals surface area contributed by atoms with Gasteiger partial charge in [0.15, 0.2) is 4.77 Å². The third kappa shape index (κ3) is 2.02. The van der Waals surface area contributed by atoms with E-state index in [4.69, 9.17) is 23.8 Å². The van der Waals surface area contributed by atoms with Crippen LogP contribution in [0.1, 0.15) is 13.0 Å². The molecule has 1 unspecified atom stereocenters. The fourth-order valence-corrected chi connectivity index (χ4v) is 2.31. The van der Waals surface area contributed by atoms with E-state index in [-0.39, 0.29) is 5.02 Å². The number of nitrogens with one attached hydrogen (secondary N) is 1. The normalized spacial score (nSPS) is 12.7. The summed E-state index contributed by atoms with van der Waals surface area (Å²) < 4.78 is 19.8. The molecule has 1 aromatic carbocycles. The lowest BCUT2D eigenvalue weighted by Crippen LogP contribution is -2.17. The number of carbonyl (C=O) groups excluding carboxylic acids is 1. The van der Waals surface area contributed by atoms with E-state index in [1.54, 1.807) is 11.5 Å². The fraction of sp³-hybridized carbons (Fsp3) is 0.273. The first-order chi connectivity index (χ1) is 8.45. The van der Waals surface area contributed by atoms with Crippen molar-refractivity contribution in [2.75, 3.05) is 7.11 Å². The van der Waals surface area contributed by atoms with E-state index in [0.717, 1.165) is 0 Å². The fourth-order valence-electron chi connectivity index (χ4n) is 1.78. The quantitative estimate of drug-likeness (QED) is 0.682. The van der Waals surface area contributed by atoms with Gasteiger partial charge in [-0.15, -0.1) is 0 Å². The van der Waals surface area contributed by atoms with Gasteiger partial charge >= 0.3 is 5.97 Å². The van der Waals surface area contributed by atoms with Crippen molar-refractivity contribution in [1.82, 2.24) is 9.55 Å². The van der Waals surface area contributed by atoms with Gasteiger partial charge in [-0.05, 0) is 25.2 Å². The number of nitrogens with zero attached hydrogens (tertiary/aromatic N) is 1. The summed E-state index contributed by atoms with van der Waals surface area (Å²) in [6.07, 6.45) is 0. The molecule has 0 aliphatic carbocycles. The molecule has 0 fully saturated rings. The monoisotopic (exact) mass is 288 g/mol. The largest absolute Gasteiger partial charge is 0.467 e. The Kier molecular flexibility index (Phi) is 3.41. The number of H-pyrrole nitrogens is 1. The lowest BCUT2D eigenvalue weighted by molar-refractivity contribution is -0.143. The average molecular weight is 289 g/mol. The van der Waals surface area contributed by atoms with Gasteiger partial charge in [-0.3, -0.25) is 0 Å². The van der Waals surface area contributed by atoms with Crippen LogP contribution in [0.2, 0.25) is 5.02 Å². The third-order valence-corrected chi connectivity index (χ3v) is 3.28. The lowest BCUT2D eigenvalue weighted by Gasteiger charge is -2.12. The molecule has 0 bridgehead atoms. The van der Waals surface area contributed by atoms with Crippen molar-refractivity contribution in [2.24, 2.45) is 0 Å². The van der Waals surface area contributed by atoms with Gasteiger partial charge in [-0.2, -0.15) is 0 Å². The third-order valence-electron chi connectivity index (χ3n) is 2.69. The van der Waals surface area contributed by atoms with Crippen LogP contribution in [0.4, 0.5) is 4.39 Å². The van der Waals surface area contributed by atoms with E-state index in [9.17, 15) is 9.18 Å². The highest BCUT2D eigenvalue weighted by Gasteiger charge is 2.19. The van der Waals surface area contributed by atoms with E-state index < -0.39 is 17.8 Å². The molecule has 4 nitrogen and oxygen atoms in total. The number of rotatable bonds is 2. The maximum atomic E-state index is 13.3. The highest BCUT2D eigenvalue weighted by molar-refractivity contribution is 7.71. The minimum Gasteiger partial charge on any atom is -0.467 e. The Morgan fingerprint density at radius 1 is 1.61 bits per heavy atom. The Bertz CT molecular complexity index is 679. The Morgan fingerprint density at radius 2 is 2.28 bits per heavy atom. The first kappa shape index (κ1) is 13.0. The van der Waals surface area contributed by atoms with Crippen LogP contribution in [0.5, 0.6) is 0 Å². The molecule has 1 N–H and O–H groups in total. The maximum absolute atomic E-state index is 13.3. The molecule has 0 radical (unpaired) electrons. The van der Waals surface area contributed by atoms with Crippen molar-refractivity contribution in [3.8, 4) is 0 Å². The van der Waals surface area contributed by atoms with E-state index in [2.05, 4.69) is 9.72 Å². The predicted molar refractivity (Wildman–Crippen MR) is 68.8 cm³/mol. The number of imidazole rings is 1. The molecule has 0 saturated heterocycles. The molecule has 1 atom stereocenters. The van der Waals surface area contributed by atoms with Crippen LogP contribution < -0.4 is 0 Å². The number of fused-ring (bicyclic) bond motifs is 1. The number of ether oxygens (including phenoxy) is 1. The number of aromatic nitrogens is 2. The second kappa shape index (κ2) is 4.70. The van der Waals surface area contributed by atoms with Gasteiger partial charge in [-0.25, -0.2) is 9.18 Å². The van der Waals surface area contributed by atoms with Crippen LogP contribution in [0.15, 0.2) is 12.1 Å². The average Bonchev–Trinajstić information content (AvgIpc) is 2.63. The first-order valence-corrected chi connectivity index (χ1v) is 5.91. The molecule has 7 heteroatoms. The van der Waals surface area contributed by atoms with Gasteiger partial charge in [-0.1, -0.05) is 11.6 Å². The summed E-state index contributed by atoms with van der Waals surface area (Å²) in [5, 5.41) is -0.0256. The molecule has 2 rings (SSSR count). The highest BCUT2D eigenvalue weighted by Crippen LogP contribution is 2.25.